The van der Waals surface area contributed by atoms with Gasteiger partial charge < -0.3 is 10.3 Å². The van der Waals surface area contributed by atoms with Crippen LogP contribution in [-0.2, 0) is 0 Å². The lowest BCUT2D eigenvalue weighted by molar-refractivity contribution is 0.102. The molecule has 0 bridgehead atoms. The third-order valence-corrected chi connectivity index (χ3v) is 3.23. The molecule has 7 heteroatoms. The Morgan fingerprint density at radius 3 is 2.83 bits per heavy atom. The van der Waals surface area contributed by atoms with Crippen LogP contribution in [0.25, 0.3) is 0 Å². The van der Waals surface area contributed by atoms with Crippen molar-refractivity contribution < 1.29 is 4.79 Å². The molecule has 1 amide bonds. The normalized spacial score (nSPS) is 10.1. The number of halogens is 2. The van der Waals surface area contributed by atoms with Crippen LogP contribution in [0.15, 0.2) is 39.9 Å². The molecule has 2 aromatic rings. The van der Waals surface area contributed by atoms with Crippen molar-refractivity contribution in [2.75, 3.05) is 5.32 Å². The van der Waals surface area contributed by atoms with Gasteiger partial charge in [0, 0.05) is 12.3 Å². The highest BCUT2D eigenvalue weighted by molar-refractivity contribution is 9.10. The second-order valence-electron chi connectivity index (χ2n) is 3.39. The number of aromatic amines is 1. The fourth-order valence-electron chi connectivity index (χ4n) is 1.24. The van der Waals surface area contributed by atoms with Crippen LogP contribution in [0, 0.1) is 0 Å². The molecular weight excluding hydrogens is 321 g/mol. The second-order valence-corrected chi connectivity index (χ2v) is 4.60. The third kappa shape index (κ3) is 2.96. The van der Waals surface area contributed by atoms with Crippen molar-refractivity contribution >= 4 is 39.1 Å². The van der Waals surface area contributed by atoms with Crippen LogP contribution in [0.4, 0.5) is 5.69 Å². The van der Waals surface area contributed by atoms with Crippen molar-refractivity contribution in [1.29, 1.82) is 0 Å². The van der Waals surface area contributed by atoms with Crippen molar-refractivity contribution in [2.45, 2.75) is 0 Å². The van der Waals surface area contributed by atoms with E-state index in [4.69, 9.17) is 11.6 Å². The number of carbonyl (C=O) groups is 1. The number of anilines is 1. The first-order chi connectivity index (χ1) is 8.56. The molecule has 0 spiro atoms. The van der Waals surface area contributed by atoms with E-state index in [0.29, 0.717) is 20.9 Å². The molecule has 0 aliphatic rings. The highest BCUT2D eigenvalue weighted by Crippen LogP contribution is 2.23. The molecule has 5 nitrogen and oxygen atoms in total. The van der Waals surface area contributed by atoms with Gasteiger partial charge in [-0.15, -0.1) is 0 Å². The molecule has 2 rings (SSSR count). The van der Waals surface area contributed by atoms with Gasteiger partial charge in [0.05, 0.1) is 21.9 Å². The zero-order valence-electron chi connectivity index (χ0n) is 8.91. The summed E-state index contributed by atoms with van der Waals surface area (Å²) in [5.41, 5.74) is 0.589. The Bertz CT molecular complexity index is 636. The topological polar surface area (TPSA) is 74.8 Å². The van der Waals surface area contributed by atoms with Crippen LogP contribution in [0.2, 0.25) is 5.15 Å². The molecule has 2 N–H and O–H groups in total. The van der Waals surface area contributed by atoms with E-state index >= 15 is 0 Å². The lowest BCUT2D eigenvalue weighted by Crippen LogP contribution is -2.14. The minimum atomic E-state index is -0.345. The summed E-state index contributed by atoms with van der Waals surface area (Å²) in [6.45, 7) is 0. The summed E-state index contributed by atoms with van der Waals surface area (Å²) in [7, 11) is 0. The maximum atomic E-state index is 11.8. The maximum Gasteiger partial charge on any atom is 0.257 e. The van der Waals surface area contributed by atoms with Crippen molar-refractivity contribution in [3.8, 4) is 0 Å². The average molecular weight is 329 g/mol. The molecule has 0 aliphatic carbocycles. The molecule has 0 atom stereocenters. The van der Waals surface area contributed by atoms with E-state index in [0.717, 1.165) is 0 Å². The molecule has 0 saturated heterocycles. The molecule has 0 aromatic carbocycles. The quantitative estimate of drug-likeness (QED) is 0.832. The highest BCUT2D eigenvalue weighted by atomic mass is 79.9. The zero-order valence-corrected chi connectivity index (χ0v) is 11.2. The van der Waals surface area contributed by atoms with Gasteiger partial charge in [-0.1, -0.05) is 11.6 Å². The van der Waals surface area contributed by atoms with E-state index in [1.54, 1.807) is 6.07 Å². The smallest absolute Gasteiger partial charge is 0.257 e. The molecule has 92 valence electrons. The summed E-state index contributed by atoms with van der Waals surface area (Å²) in [4.78, 5) is 29.0. The van der Waals surface area contributed by atoms with E-state index in [-0.39, 0.29) is 11.5 Å². The lowest BCUT2D eigenvalue weighted by Gasteiger charge is -2.05. The minimum Gasteiger partial charge on any atom is -0.328 e. The lowest BCUT2D eigenvalue weighted by atomic mass is 10.2. The van der Waals surface area contributed by atoms with Crippen molar-refractivity contribution in [1.82, 2.24) is 9.97 Å². The summed E-state index contributed by atoms with van der Waals surface area (Å²) in [6, 6.07) is 4.36. The van der Waals surface area contributed by atoms with Crippen LogP contribution in [0.5, 0.6) is 0 Å². The number of nitrogens with one attached hydrogen (secondary N) is 2. The average Bonchev–Trinajstić information content (AvgIpc) is 2.34. The van der Waals surface area contributed by atoms with E-state index in [1.165, 1.54) is 24.5 Å². The molecule has 2 heterocycles. The fourth-order valence-corrected chi connectivity index (χ4v) is 1.70. The second kappa shape index (κ2) is 5.32. The maximum absolute atomic E-state index is 11.8. The minimum absolute atomic E-state index is 0.262. The molecule has 0 radical (unpaired) electrons. The predicted molar refractivity (Wildman–Crippen MR) is 72.0 cm³/mol. The largest absolute Gasteiger partial charge is 0.328 e. The number of amides is 1. The fraction of sp³-hybridized carbons (Fsp3) is 0. The first-order valence-corrected chi connectivity index (χ1v) is 6.04. The van der Waals surface area contributed by atoms with Crippen LogP contribution in [0.1, 0.15) is 10.4 Å². The molecular formula is C11H7BrClN3O2. The van der Waals surface area contributed by atoms with E-state index in [1.807, 2.05) is 0 Å². The zero-order chi connectivity index (χ0) is 13.1. The summed E-state index contributed by atoms with van der Waals surface area (Å²) in [6.07, 6.45) is 2.78. The number of hydrogen-bond acceptors (Lipinski definition) is 3. The van der Waals surface area contributed by atoms with Gasteiger partial charge in [0.1, 0.15) is 5.15 Å². The van der Waals surface area contributed by atoms with E-state index in [2.05, 4.69) is 31.2 Å². The van der Waals surface area contributed by atoms with Gasteiger partial charge in [-0.3, -0.25) is 9.59 Å². The van der Waals surface area contributed by atoms with Gasteiger partial charge in [0.15, 0.2) is 0 Å². The van der Waals surface area contributed by atoms with Crippen LogP contribution in [-0.4, -0.2) is 15.9 Å². The first kappa shape index (κ1) is 12.8. The van der Waals surface area contributed by atoms with Gasteiger partial charge in [-0.25, -0.2) is 4.98 Å². The van der Waals surface area contributed by atoms with Gasteiger partial charge in [-0.2, -0.15) is 0 Å². The van der Waals surface area contributed by atoms with Gasteiger partial charge in [0.2, 0.25) is 5.56 Å². The van der Waals surface area contributed by atoms with Crippen molar-refractivity contribution in [3.63, 3.8) is 0 Å². The number of hydrogen-bond donors (Lipinski definition) is 2. The number of H-pyrrole nitrogens is 1. The Morgan fingerprint density at radius 1 is 1.44 bits per heavy atom. The summed E-state index contributed by atoms with van der Waals surface area (Å²) in [5, 5.41) is 2.95. The number of nitrogens with zero attached hydrogens (tertiary/aromatic N) is 1. The Hall–Kier alpha value is -1.66. The Balaban J connectivity index is 2.18. The standard InChI is InChI=1S/C11H7BrClN3O2/c12-8-3-7(5-15-10(8)13)16-11(18)6-1-2-9(17)14-4-6/h1-5H,(H,14,17)(H,16,18). The number of rotatable bonds is 2. The molecule has 0 unspecified atom stereocenters. The van der Waals surface area contributed by atoms with Gasteiger partial charge in [0.25, 0.3) is 5.91 Å². The number of aromatic nitrogens is 2. The molecule has 0 saturated carbocycles. The van der Waals surface area contributed by atoms with Gasteiger partial charge >= 0.3 is 0 Å². The SMILES string of the molecule is O=C(Nc1cnc(Cl)c(Br)c1)c1ccc(=O)[nH]c1. The summed E-state index contributed by atoms with van der Waals surface area (Å²) >= 11 is 8.95. The predicted octanol–water partition coefficient (Wildman–Crippen LogP) is 2.44. The van der Waals surface area contributed by atoms with Crippen LogP contribution >= 0.6 is 27.5 Å². The van der Waals surface area contributed by atoms with E-state index < -0.39 is 0 Å². The molecule has 0 aliphatic heterocycles. The molecule has 2 aromatic heterocycles. The molecule has 18 heavy (non-hydrogen) atoms. The number of carbonyl (C=O) groups excluding carboxylic acids is 1. The summed E-state index contributed by atoms with van der Waals surface area (Å²) < 4.78 is 0.587. The van der Waals surface area contributed by atoms with Crippen molar-refractivity contribution in [3.05, 3.63) is 56.1 Å². The Labute approximate surface area is 115 Å². The monoisotopic (exact) mass is 327 g/mol. The van der Waals surface area contributed by atoms with E-state index in [9.17, 15) is 9.59 Å². The third-order valence-electron chi connectivity index (χ3n) is 2.10. The Kier molecular flexibility index (Phi) is 3.78. The Morgan fingerprint density at radius 2 is 2.22 bits per heavy atom. The van der Waals surface area contributed by atoms with Crippen molar-refractivity contribution in [2.24, 2.45) is 0 Å². The molecule has 0 fully saturated rings. The van der Waals surface area contributed by atoms with Crippen LogP contribution < -0.4 is 10.9 Å². The highest BCUT2D eigenvalue weighted by Gasteiger charge is 2.07. The van der Waals surface area contributed by atoms with Crippen LogP contribution in [0.3, 0.4) is 0 Å². The summed E-state index contributed by atoms with van der Waals surface area (Å²) in [5.74, 6) is -0.345. The first-order valence-electron chi connectivity index (χ1n) is 4.87. The van der Waals surface area contributed by atoms with Gasteiger partial charge in [-0.05, 0) is 28.1 Å². The number of pyridine rings is 2.